The van der Waals surface area contributed by atoms with E-state index in [0.29, 0.717) is 11.7 Å². The fraction of sp³-hybridized carbons (Fsp3) is 0.636. The van der Waals surface area contributed by atoms with Gasteiger partial charge in [0.1, 0.15) is 11.4 Å². The third kappa shape index (κ3) is 3.39. The third-order valence-electron chi connectivity index (χ3n) is 2.84. The highest BCUT2D eigenvalue weighted by Crippen LogP contribution is 2.24. The minimum atomic E-state index is -0.246. The number of thioether (sulfide) groups is 1. The molecule has 0 fully saturated rings. The van der Waals surface area contributed by atoms with Gasteiger partial charge in [-0.15, -0.1) is 0 Å². The number of hydrazine groups is 1. The predicted octanol–water partition coefficient (Wildman–Crippen LogP) is 0.119. The molecule has 2 aliphatic rings. The van der Waals surface area contributed by atoms with Crippen LogP contribution in [-0.4, -0.2) is 35.0 Å². The van der Waals surface area contributed by atoms with Gasteiger partial charge in [0, 0.05) is 0 Å². The first-order chi connectivity index (χ1) is 8.66. The maximum absolute atomic E-state index is 11.9. The van der Waals surface area contributed by atoms with Gasteiger partial charge in [0.25, 0.3) is 0 Å². The number of carbonyl (C=O) groups excluding carboxylic acids is 1. The number of hydrogen-bond acceptors (Lipinski definition) is 6. The number of aliphatic imine (C=N–C) groups is 1. The van der Waals surface area contributed by atoms with Crippen molar-refractivity contribution in [1.29, 1.82) is 0 Å². The molecule has 0 spiro atoms. The summed E-state index contributed by atoms with van der Waals surface area (Å²) in [6.07, 6.45) is 5.79. The summed E-state index contributed by atoms with van der Waals surface area (Å²) in [5.74, 6) is -0.0944. The van der Waals surface area contributed by atoms with E-state index < -0.39 is 0 Å². The molecule has 18 heavy (non-hydrogen) atoms. The molecule has 0 aromatic carbocycles. The maximum atomic E-state index is 11.9. The van der Waals surface area contributed by atoms with E-state index in [9.17, 15) is 4.79 Å². The van der Waals surface area contributed by atoms with Crippen molar-refractivity contribution in [3.05, 3.63) is 12.3 Å². The van der Waals surface area contributed by atoms with Gasteiger partial charge in [0.15, 0.2) is 5.17 Å². The van der Waals surface area contributed by atoms with Crippen LogP contribution in [0.5, 0.6) is 0 Å². The largest absolute Gasteiger partial charge is 0.497 e. The number of carbonyl (C=O) groups is 1. The van der Waals surface area contributed by atoms with E-state index in [1.165, 1.54) is 11.8 Å². The lowest BCUT2D eigenvalue weighted by molar-refractivity contribution is -0.121. The molecule has 2 rings (SSSR count). The van der Waals surface area contributed by atoms with Gasteiger partial charge in [-0.3, -0.25) is 15.2 Å². The number of hydrogen-bond donors (Lipinski definition) is 3. The highest BCUT2D eigenvalue weighted by atomic mass is 32.2. The Hall–Kier alpha value is -1.21. The van der Waals surface area contributed by atoms with Gasteiger partial charge in [0.2, 0.25) is 5.91 Å². The Balaban J connectivity index is 1.67. The van der Waals surface area contributed by atoms with Crippen LogP contribution < -0.4 is 16.6 Å². The Morgan fingerprint density at radius 2 is 2.56 bits per heavy atom. The molecule has 4 N–H and O–H groups in total. The quantitative estimate of drug-likeness (QED) is 0.631. The predicted molar refractivity (Wildman–Crippen MR) is 71.9 cm³/mol. The molecule has 2 heterocycles. The number of nitrogens with two attached hydrogens (primary N) is 1. The molecular formula is C11H18N4O2S. The lowest BCUT2D eigenvalue weighted by Gasteiger charge is -2.20. The second-order valence-corrected chi connectivity index (χ2v) is 5.49. The van der Waals surface area contributed by atoms with Gasteiger partial charge in [-0.05, 0) is 25.8 Å². The van der Waals surface area contributed by atoms with E-state index in [2.05, 4.69) is 15.8 Å². The van der Waals surface area contributed by atoms with E-state index in [-0.39, 0.29) is 23.3 Å². The minimum absolute atomic E-state index is 0.0781. The zero-order valence-corrected chi connectivity index (χ0v) is 11.1. The van der Waals surface area contributed by atoms with Crippen LogP contribution in [0.25, 0.3) is 0 Å². The van der Waals surface area contributed by atoms with Gasteiger partial charge in [-0.1, -0.05) is 11.8 Å². The molecule has 0 aromatic heterocycles. The molecule has 1 amide bonds. The summed E-state index contributed by atoms with van der Waals surface area (Å²) in [5, 5.41) is 0.230. The van der Waals surface area contributed by atoms with E-state index in [0.717, 1.165) is 12.8 Å². The van der Waals surface area contributed by atoms with Crippen LogP contribution in [0.4, 0.5) is 0 Å². The van der Waals surface area contributed by atoms with Gasteiger partial charge in [-0.25, -0.2) is 5.43 Å². The van der Waals surface area contributed by atoms with Crippen LogP contribution in [0.15, 0.2) is 17.3 Å². The second kappa shape index (κ2) is 6.10. The van der Waals surface area contributed by atoms with Crippen molar-refractivity contribution in [2.24, 2.45) is 10.7 Å². The summed E-state index contributed by atoms with van der Waals surface area (Å²) in [4.78, 5) is 16.0. The summed E-state index contributed by atoms with van der Waals surface area (Å²) in [5.41, 5.74) is 11.2. The second-order valence-electron chi connectivity index (χ2n) is 4.32. The zero-order valence-electron chi connectivity index (χ0n) is 10.3. The van der Waals surface area contributed by atoms with Gasteiger partial charge < -0.3 is 10.5 Å². The van der Waals surface area contributed by atoms with Gasteiger partial charge in [-0.2, -0.15) is 0 Å². The van der Waals surface area contributed by atoms with Crippen LogP contribution >= 0.6 is 11.8 Å². The minimum Gasteiger partial charge on any atom is -0.497 e. The first kappa shape index (κ1) is 13.2. The molecule has 0 aliphatic carbocycles. The molecule has 0 bridgehead atoms. The van der Waals surface area contributed by atoms with Crippen molar-refractivity contribution in [2.45, 2.75) is 37.2 Å². The van der Waals surface area contributed by atoms with E-state index in [4.69, 9.17) is 10.5 Å². The van der Waals surface area contributed by atoms with Gasteiger partial charge in [0.05, 0.1) is 18.8 Å². The van der Waals surface area contributed by atoms with E-state index in [1.54, 1.807) is 6.26 Å². The Bertz CT molecular complexity index is 372. The maximum Gasteiger partial charge on any atom is 0.249 e. The number of allylic oxidation sites excluding steroid dienone is 1. The lowest BCUT2D eigenvalue weighted by atomic mass is 10.2. The summed E-state index contributed by atoms with van der Waals surface area (Å²) in [6, 6.07) is -0.0781. The third-order valence-corrected chi connectivity index (χ3v) is 4.05. The number of amidine groups is 1. The van der Waals surface area contributed by atoms with E-state index >= 15 is 0 Å². The summed E-state index contributed by atoms with van der Waals surface area (Å²) in [6.45, 7) is 2.48. The monoisotopic (exact) mass is 270 g/mol. The van der Waals surface area contributed by atoms with Crippen molar-refractivity contribution in [2.75, 3.05) is 6.54 Å². The summed E-state index contributed by atoms with van der Waals surface area (Å²) < 4.78 is 5.38. The number of nitrogens with zero attached hydrogens (tertiary/aromatic N) is 1. The average molecular weight is 270 g/mol. The highest BCUT2D eigenvalue weighted by molar-refractivity contribution is 8.15. The summed E-state index contributed by atoms with van der Waals surface area (Å²) >= 11 is 1.30. The average Bonchev–Trinajstić information content (AvgIpc) is 2.70. The molecule has 0 radical (unpaired) electrons. The fourth-order valence-electron chi connectivity index (χ4n) is 1.86. The molecule has 2 aliphatic heterocycles. The first-order valence-corrected chi connectivity index (χ1v) is 6.88. The van der Waals surface area contributed by atoms with Crippen LogP contribution in [0.3, 0.4) is 0 Å². The van der Waals surface area contributed by atoms with Crippen molar-refractivity contribution in [1.82, 2.24) is 10.9 Å². The van der Waals surface area contributed by atoms with Crippen LogP contribution in [0.2, 0.25) is 0 Å². The van der Waals surface area contributed by atoms with Crippen LogP contribution in [0.1, 0.15) is 19.8 Å². The highest BCUT2D eigenvalue weighted by Gasteiger charge is 2.31. The topological polar surface area (TPSA) is 88.7 Å². The molecule has 6 nitrogen and oxygen atoms in total. The Labute approximate surface area is 110 Å². The molecule has 100 valence electrons. The molecule has 0 aromatic rings. The van der Waals surface area contributed by atoms with Gasteiger partial charge >= 0.3 is 0 Å². The van der Waals surface area contributed by atoms with Crippen LogP contribution in [0, 0.1) is 0 Å². The lowest BCUT2D eigenvalue weighted by Crippen LogP contribution is -2.47. The Kier molecular flexibility index (Phi) is 4.48. The summed E-state index contributed by atoms with van der Waals surface area (Å²) in [7, 11) is 0. The van der Waals surface area contributed by atoms with Crippen molar-refractivity contribution >= 4 is 22.8 Å². The fourth-order valence-corrected chi connectivity index (χ4v) is 2.77. The standard InChI is InChI=1S/C11H18N4O2S/c1-7-9(18-11(12)14-7)10(16)15-13-6-8-4-2-3-5-17-8/h3,5,7-9,13H,2,4,6H2,1H3,(H2,12,14)(H,15,16). The number of nitrogens with one attached hydrogen (secondary N) is 2. The normalized spacial score (nSPS) is 30.7. The van der Waals surface area contributed by atoms with Crippen molar-refractivity contribution in [3.8, 4) is 0 Å². The molecule has 3 atom stereocenters. The van der Waals surface area contributed by atoms with E-state index in [1.807, 2.05) is 13.0 Å². The molecule has 0 saturated heterocycles. The first-order valence-electron chi connectivity index (χ1n) is 6.00. The van der Waals surface area contributed by atoms with Crippen molar-refractivity contribution < 1.29 is 9.53 Å². The molecule has 3 unspecified atom stereocenters. The Morgan fingerprint density at radius 3 is 3.17 bits per heavy atom. The zero-order chi connectivity index (χ0) is 13.0. The smallest absolute Gasteiger partial charge is 0.249 e. The number of ether oxygens (including phenoxy) is 1. The van der Waals surface area contributed by atoms with Crippen LogP contribution in [-0.2, 0) is 9.53 Å². The Morgan fingerprint density at radius 1 is 1.72 bits per heavy atom. The van der Waals surface area contributed by atoms with Crippen molar-refractivity contribution in [3.63, 3.8) is 0 Å². The molecule has 7 heteroatoms. The number of rotatable bonds is 4. The number of amides is 1. The molecular weight excluding hydrogens is 252 g/mol. The molecule has 0 saturated carbocycles. The SMILES string of the molecule is CC1N=C(N)SC1C(=O)NNCC1CCC=CO1.